The molecule has 0 saturated carbocycles. The molecule has 1 saturated heterocycles. The molecule has 82 valence electrons. The Morgan fingerprint density at radius 2 is 2.00 bits per heavy atom. The first-order chi connectivity index (χ1) is 7.18. The highest BCUT2D eigenvalue weighted by atomic mass is 16.5. The SMILES string of the molecule is O=c1cc(O)n(N2CCOCC2)c(=O)[nH]1. The summed E-state index contributed by atoms with van der Waals surface area (Å²) < 4.78 is 6.16. The molecule has 0 atom stereocenters. The Morgan fingerprint density at radius 3 is 2.60 bits per heavy atom. The normalized spacial score (nSPS) is 16.7. The predicted molar refractivity (Wildman–Crippen MR) is 51.8 cm³/mol. The number of aromatic nitrogens is 2. The summed E-state index contributed by atoms with van der Waals surface area (Å²) in [6.45, 7) is 1.98. The molecule has 0 amide bonds. The standard InChI is InChI=1S/C8H11N3O4/c12-6-5-7(13)11(8(14)9-6)10-1-3-15-4-2-10/h5,13H,1-4H2,(H,9,12,14). The van der Waals surface area contributed by atoms with Crippen molar-refractivity contribution < 1.29 is 9.84 Å². The maximum atomic E-state index is 11.4. The van der Waals surface area contributed by atoms with E-state index in [1.54, 1.807) is 5.01 Å². The highest BCUT2D eigenvalue weighted by Crippen LogP contribution is 2.03. The zero-order chi connectivity index (χ0) is 10.8. The van der Waals surface area contributed by atoms with Gasteiger partial charge in [-0.3, -0.25) is 9.78 Å². The second kappa shape index (κ2) is 3.77. The summed E-state index contributed by atoms with van der Waals surface area (Å²) in [7, 11) is 0. The van der Waals surface area contributed by atoms with Gasteiger partial charge in [-0.05, 0) is 0 Å². The second-order valence-corrected chi connectivity index (χ2v) is 3.17. The van der Waals surface area contributed by atoms with E-state index in [4.69, 9.17) is 4.74 Å². The van der Waals surface area contributed by atoms with Crippen molar-refractivity contribution in [3.8, 4) is 5.88 Å². The van der Waals surface area contributed by atoms with E-state index < -0.39 is 11.2 Å². The van der Waals surface area contributed by atoms with Crippen LogP contribution in [0.3, 0.4) is 0 Å². The van der Waals surface area contributed by atoms with E-state index in [-0.39, 0.29) is 5.88 Å². The molecule has 0 aliphatic carbocycles. The van der Waals surface area contributed by atoms with E-state index in [0.29, 0.717) is 26.3 Å². The Bertz CT molecular complexity index is 458. The Labute approximate surface area is 84.5 Å². The molecule has 0 unspecified atom stereocenters. The van der Waals surface area contributed by atoms with Gasteiger partial charge in [0.2, 0.25) is 5.88 Å². The van der Waals surface area contributed by atoms with Crippen LogP contribution in [0.25, 0.3) is 0 Å². The highest BCUT2D eigenvalue weighted by Gasteiger charge is 2.15. The highest BCUT2D eigenvalue weighted by molar-refractivity contribution is 5.10. The number of rotatable bonds is 1. The molecule has 0 bridgehead atoms. The van der Waals surface area contributed by atoms with E-state index in [1.165, 1.54) is 0 Å². The van der Waals surface area contributed by atoms with Gasteiger partial charge in [-0.25, -0.2) is 4.79 Å². The lowest BCUT2D eigenvalue weighted by molar-refractivity contribution is 0.108. The minimum atomic E-state index is -0.637. The van der Waals surface area contributed by atoms with Gasteiger partial charge >= 0.3 is 5.69 Å². The molecule has 0 spiro atoms. The third-order valence-electron chi connectivity index (χ3n) is 2.17. The average Bonchev–Trinajstić information content (AvgIpc) is 2.17. The Morgan fingerprint density at radius 1 is 1.33 bits per heavy atom. The summed E-state index contributed by atoms with van der Waals surface area (Å²) in [6, 6.07) is 0.969. The lowest BCUT2D eigenvalue weighted by Gasteiger charge is -2.29. The van der Waals surface area contributed by atoms with Crippen LogP contribution in [-0.4, -0.2) is 41.1 Å². The zero-order valence-corrected chi connectivity index (χ0v) is 7.97. The maximum Gasteiger partial charge on any atom is 0.350 e. The van der Waals surface area contributed by atoms with Crippen LogP contribution in [-0.2, 0) is 4.74 Å². The fourth-order valence-electron chi connectivity index (χ4n) is 1.50. The fraction of sp³-hybridized carbons (Fsp3) is 0.500. The Hall–Kier alpha value is -1.76. The molecule has 2 rings (SSSR count). The van der Waals surface area contributed by atoms with Gasteiger partial charge in [0.25, 0.3) is 5.56 Å². The molecule has 15 heavy (non-hydrogen) atoms. The van der Waals surface area contributed by atoms with Crippen LogP contribution in [0.5, 0.6) is 5.88 Å². The molecule has 7 heteroatoms. The van der Waals surface area contributed by atoms with E-state index >= 15 is 0 Å². The third kappa shape index (κ3) is 1.86. The lowest BCUT2D eigenvalue weighted by Crippen LogP contribution is -2.50. The zero-order valence-electron chi connectivity index (χ0n) is 7.97. The summed E-state index contributed by atoms with van der Waals surface area (Å²) in [6.07, 6.45) is 0. The number of ether oxygens (including phenoxy) is 1. The Kier molecular flexibility index (Phi) is 2.46. The van der Waals surface area contributed by atoms with Crippen LogP contribution < -0.4 is 16.3 Å². The first-order valence-electron chi connectivity index (χ1n) is 4.57. The van der Waals surface area contributed by atoms with Crippen molar-refractivity contribution in [1.29, 1.82) is 0 Å². The van der Waals surface area contributed by atoms with Crippen LogP contribution in [0.1, 0.15) is 0 Å². The molecule has 0 radical (unpaired) electrons. The molecule has 7 nitrogen and oxygen atoms in total. The van der Waals surface area contributed by atoms with E-state index in [0.717, 1.165) is 10.7 Å². The minimum Gasteiger partial charge on any atom is -0.493 e. The summed E-state index contributed by atoms with van der Waals surface area (Å²) in [5.41, 5.74) is -1.25. The number of H-pyrrole nitrogens is 1. The number of aromatic hydroxyl groups is 1. The van der Waals surface area contributed by atoms with Gasteiger partial charge in [0.1, 0.15) is 0 Å². The molecule has 0 aromatic carbocycles. The molecule has 1 aliphatic rings. The quantitative estimate of drug-likeness (QED) is 0.575. The van der Waals surface area contributed by atoms with Crippen LogP contribution in [0, 0.1) is 0 Å². The largest absolute Gasteiger partial charge is 0.493 e. The van der Waals surface area contributed by atoms with Crippen LogP contribution in [0.15, 0.2) is 15.7 Å². The van der Waals surface area contributed by atoms with Gasteiger partial charge in [-0.15, -0.1) is 0 Å². The van der Waals surface area contributed by atoms with Gasteiger partial charge in [-0.1, -0.05) is 0 Å². The molecule has 1 aromatic heterocycles. The second-order valence-electron chi connectivity index (χ2n) is 3.17. The first-order valence-corrected chi connectivity index (χ1v) is 4.57. The molecule has 2 N–H and O–H groups in total. The van der Waals surface area contributed by atoms with E-state index in [1.807, 2.05) is 0 Å². The molecular weight excluding hydrogens is 202 g/mol. The molecule has 1 aliphatic heterocycles. The van der Waals surface area contributed by atoms with Gasteiger partial charge in [0, 0.05) is 0 Å². The number of nitrogens with zero attached hydrogens (tertiary/aromatic N) is 2. The van der Waals surface area contributed by atoms with Crippen molar-refractivity contribution >= 4 is 0 Å². The van der Waals surface area contributed by atoms with Crippen molar-refractivity contribution in [3.63, 3.8) is 0 Å². The van der Waals surface area contributed by atoms with Crippen LogP contribution in [0.4, 0.5) is 0 Å². The van der Waals surface area contributed by atoms with Crippen molar-refractivity contribution in [2.24, 2.45) is 0 Å². The number of hydrogen-bond acceptors (Lipinski definition) is 5. The van der Waals surface area contributed by atoms with Crippen LogP contribution >= 0.6 is 0 Å². The predicted octanol–water partition coefficient (Wildman–Crippen LogP) is -1.79. The minimum absolute atomic E-state index is 0.356. The smallest absolute Gasteiger partial charge is 0.350 e. The third-order valence-corrected chi connectivity index (χ3v) is 2.17. The number of hydrogen-bond donors (Lipinski definition) is 2. The topological polar surface area (TPSA) is 87.6 Å². The number of morpholine rings is 1. The van der Waals surface area contributed by atoms with Gasteiger partial charge in [0.05, 0.1) is 32.4 Å². The van der Waals surface area contributed by atoms with E-state index in [9.17, 15) is 14.7 Å². The van der Waals surface area contributed by atoms with E-state index in [2.05, 4.69) is 4.98 Å². The van der Waals surface area contributed by atoms with Crippen molar-refractivity contribution in [1.82, 2.24) is 9.66 Å². The summed E-state index contributed by atoms with van der Waals surface area (Å²) >= 11 is 0. The average molecular weight is 213 g/mol. The molecule has 1 aromatic rings. The summed E-state index contributed by atoms with van der Waals surface area (Å²) in [5.74, 6) is -0.356. The molecular formula is C8H11N3O4. The van der Waals surface area contributed by atoms with Crippen molar-refractivity contribution in [2.75, 3.05) is 31.3 Å². The van der Waals surface area contributed by atoms with Gasteiger partial charge < -0.3 is 14.9 Å². The van der Waals surface area contributed by atoms with Gasteiger partial charge in [-0.2, -0.15) is 4.68 Å². The molecule has 2 heterocycles. The fourth-order valence-corrected chi connectivity index (χ4v) is 1.50. The lowest BCUT2D eigenvalue weighted by atomic mass is 10.5. The number of nitrogens with one attached hydrogen (secondary N) is 1. The van der Waals surface area contributed by atoms with Crippen molar-refractivity contribution in [3.05, 3.63) is 26.9 Å². The number of aromatic amines is 1. The summed E-state index contributed by atoms with van der Waals surface area (Å²) in [5, 5.41) is 11.1. The first kappa shape index (κ1) is 9.78. The monoisotopic (exact) mass is 213 g/mol. The van der Waals surface area contributed by atoms with Gasteiger partial charge in [0.15, 0.2) is 0 Å². The van der Waals surface area contributed by atoms with Crippen molar-refractivity contribution in [2.45, 2.75) is 0 Å². The summed E-state index contributed by atoms with van der Waals surface area (Å²) in [4.78, 5) is 24.4. The maximum absolute atomic E-state index is 11.4. The van der Waals surface area contributed by atoms with Crippen LogP contribution in [0.2, 0.25) is 0 Å². The Balaban J connectivity index is 2.42. The molecule has 1 fully saturated rings.